The molecule has 1 N–H and O–H groups in total. The lowest BCUT2D eigenvalue weighted by Crippen LogP contribution is -2.53. The molecule has 5 rings (SSSR count). The zero-order valence-corrected chi connectivity index (χ0v) is 17.1. The quantitative estimate of drug-likeness (QED) is 0.857. The fourth-order valence-corrected chi connectivity index (χ4v) is 4.24. The van der Waals surface area contributed by atoms with Gasteiger partial charge >= 0.3 is 0 Å². The van der Waals surface area contributed by atoms with Crippen LogP contribution in [0.15, 0.2) is 47.5 Å². The Labute approximate surface area is 175 Å². The van der Waals surface area contributed by atoms with E-state index in [1.165, 1.54) is 5.56 Å². The molecule has 0 unspecified atom stereocenters. The summed E-state index contributed by atoms with van der Waals surface area (Å²) < 4.78 is 0. The summed E-state index contributed by atoms with van der Waals surface area (Å²) in [6.07, 6.45) is 2.02. The van der Waals surface area contributed by atoms with Gasteiger partial charge < -0.3 is 14.9 Å². The molecule has 154 valence electrons. The molecule has 0 aromatic heterocycles. The molecule has 0 spiro atoms. The van der Waals surface area contributed by atoms with E-state index in [1.807, 2.05) is 31.2 Å². The molecule has 2 heterocycles. The summed E-state index contributed by atoms with van der Waals surface area (Å²) in [5.74, 6) is -0.208. The van der Waals surface area contributed by atoms with Gasteiger partial charge in [0, 0.05) is 43.9 Å². The van der Waals surface area contributed by atoms with Crippen LogP contribution >= 0.6 is 0 Å². The summed E-state index contributed by atoms with van der Waals surface area (Å²) >= 11 is 0. The van der Waals surface area contributed by atoms with Crippen LogP contribution in [0, 0.1) is 0 Å². The minimum Gasteiger partial charge on any atom is -0.380 e. The summed E-state index contributed by atoms with van der Waals surface area (Å²) in [5, 5.41) is 10.0. The SMILES string of the molecule is CC1=Nc2cc(-c3ccc(C(=O)N4CCN(C(=O)C5(O)CC5)CC4)cc3)ccc2C1. The molecular formula is C24H25N3O3. The summed E-state index contributed by atoms with van der Waals surface area (Å²) in [7, 11) is 0. The number of aliphatic imine (C=N–C) groups is 1. The molecular weight excluding hydrogens is 378 g/mol. The average Bonchev–Trinajstić information content (AvgIpc) is 3.41. The number of carbonyl (C=O) groups is 2. The molecule has 6 nitrogen and oxygen atoms in total. The number of hydrogen-bond acceptors (Lipinski definition) is 4. The van der Waals surface area contributed by atoms with Crippen LogP contribution < -0.4 is 0 Å². The first-order valence-electron chi connectivity index (χ1n) is 10.5. The van der Waals surface area contributed by atoms with Crippen molar-refractivity contribution in [2.24, 2.45) is 4.99 Å². The summed E-state index contributed by atoms with van der Waals surface area (Å²) in [4.78, 5) is 33.2. The maximum atomic E-state index is 12.9. The lowest BCUT2D eigenvalue weighted by molar-refractivity contribution is -0.143. The van der Waals surface area contributed by atoms with E-state index in [9.17, 15) is 14.7 Å². The molecule has 2 aromatic rings. The fourth-order valence-electron chi connectivity index (χ4n) is 4.24. The minimum atomic E-state index is -1.14. The van der Waals surface area contributed by atoms with Crippen LogP contribution in [0.1, 0.15) is 35.7 Å². The predicted octanol–water partition coefficient (Wildman–Crippen LogP) is 2.81. The Morgan fingerprint density at radius 3 is 2.23 bits per heavy atom. The number of benzene rings is 2. The van der Waals surface area contributed by atoms with Gasteiger partial charge in [0.15, 0.2) is 0 Å². The second-order valence-electron chi connectivity index (χ2n) is 8.56. The van der Waals surface area contributed by atoms with Gasteiger partial charge in [-0.15, -0.1) is 0 Å². The molecule has 0 bridgehead atoms. The maximum Gasteiger partial charge on any atom is 0.254 e. The Kier molecular flexibility index (Phi) is 4.47. The van der Waals surface area contributed by atoms with E-state index in [-0.39, 0.29) is 11.8 Å². The molecule has 0 radical (unpaired) electrons. The molecule has 30 heavy (non-hydrogen) atoms. The molecule has 1 aliphatic carbocycles. The summed E-state index contributed by atoms with van der Waals surface area (Å²) in [5.41, 5.74) is 5.09. The Bertz CT molecular complexity index is 1050. The second-order valence-corrected chi connectivity index (χ2v) is 8.56. The van der Waals surface area contributed by atoms with Crippen LogP contribution in [0.5, 0.6) is 0 Å². The zero-order chi connectivity index (χ0) is 20.9. The number of carbonyl (C=O) groups excluding carboxylic acids is 2. The monoisotopic (exact) mass is 403 g/mol. The molecule has 1 saturated heterocycles. The largest absolute Gasteiger partial charge is 0.380 e. The Hall–Kier alpha value is -2.99. The van der Waals surface area contributed by atoms with Crippen molar-refractivity contribution >= 4 is 23.2 Å². The van der Waals surface area contributed by atoms with E-state index < -0.39 is 5.60 Å². The highest BCUT2D eigenvalue weighted by Gasteiger charge is 2.50. The van der Waals surface area contributed by atoms with Crippen LogP contribution in [0.2, 0.25) is 0 Å². The molecule has 6 heteroatoms. The van der Waals surface area contributed by atoms with Crippen LogP contribution in [0.4, 0.5) is 5.69 Å². The number of hydrogen-bond donors (Lipinski definition) is 1. The van der Waals surface area contributed by atoms with Gasteiger partial charge in [0.25, 0.3) is 11.8 Å². The first-order valence-corrected chi connectivity index (χ1v) is 10.5. The summed E-state index contributed by atoms with van der Waals surface area (Å²) in [6.45, 7) is 3.97. The van der Waals surface area contributed by atoms with Gasteiger partial charge in [0.05, 0.1) is 5.69 Å². The molecule has 2 fully saturated rings. The van der Waals surface area contributed by atoms with E-state index in [1.54, 1.807) is 9.80 Å². The molecule has 2 aromatic carbocycles. The maximum absolute atomic E-state index is 12.9. The van der Waals surface area contributed by atoms with Crippen molar-refractivity contribution in [1.82, 2.24) is 9.80 Å². The van der Waals surface area contributed by atoms with Crippen molar-refractivity contribution in [3.05, 3.63) is 53.6 Å². The normalized spacial score (nSPS) is 19.3. The molecule has 2 aliphatic heterocycles. The molecule has 0 atom stereocenters. The predicted molar refractivity (Wildman–Crippen MR) is 115 cm³/mol. The number of aliphatic hydroxyl groups is 1. The number of rotatable bonds is 3. The van der Waals surface area contributed by atoms with Crippen molar-refractivity contribution in [1.29, 1.82) is 0 Å². The fraction of sp³-hybridized carbons (Fsp3) is 0.375. The standard InChI is InChI=1S/C24H25N3O3/c1-16-14-20-7-6-19(15-21(20)25-16)17-2-4-18(5-3-17)22(28)26-10-12-27(13-11-26)23(29)24(30)8-9-24/h2-7,15,30H,8-14H2,1H3. The first kappa shape index (κ1) is 19.0. The van der Waals surface area contributed by atoms with Crippen LogP contribution in [-0.2, 0) is 11.2 Å². The van der Waals surface area contributed by atoms with Crippen molar-refractivity contribution in [2.45, 2.75) is 31.8 Å². The number of piperazine rings is 1. The average molecular weight is 403 g/mol. The molecule has 3 aliphatic rings. The van der Waals surface area contributed by atoms with Gasteiger partial charge in [0.1, 0.15) is 5.60 Å². The number of fused-ring (bicyclic) bond motifs is 1. The van der Waals surface area contributed by atoms with Crippen molar-refractivity contribution in [3.8, 4) is 11.1 Å². The number of amides is 2. The van der Waals surface area contributed by atoms with E-state index >= 15 is 0 Å². The smallest absolute Gasteiger partial charge is 0.254 e. The minimum absolute atomic E-state index is 0.0204. The highest BCUT2D eigenvalue weighted by atomic mass is 16.3. The Balaban J connectivity index is 1.24. The van der Waals surface area contributed by atoms with E-state index in [4.69, 9.17) is 0 Å². The lowest BCUT2D eigenvalue weighted by atomic mass is 10.0. The Morgan fingerprint density at radius 1 is 0.933 bits per heavy atom. The highest BCUT2D eigenvalue weighted by Crippen LogP contribution is 2.37. The van der Waals surface area contributed by atoms with Gasteiger partial charge in [0.2, 0.25) is 0 Å². The third-order valence-electron chi connectivity index (χ3n) is 6.28. The number of nitrogens with zero attached hydrogens (tertiary/aromatic N) is 3. The first-order chi connectivity index (χ1) is 14.4. The van der Waals surface area contributed by atoms with E-state index in [0.717, 1.165) is 28.9 Å². The van der Waals surface area contributed by atoms with Gasteiger partial charge in [-0.25, -0.2) is 0 Å². The molecule has 2 amide bonds. The van der Waals surface area contributed by atoms with Crippen LogP contribution in [-0.4, -0.2) is 64.2 Å². The molecule has 1 saturated carbocycles. The van der Waals surface area contributed by atoms with Gasteiger partial charge in [-0.1, -0.05) is 24.3 Å². The lowest BCUT2D eigenvalue weighted by Gasteiger charge is -2.35. The van der Waals surface area contributed by atoms with Crippen LogP contribution in [0.3, 0.4) is 0 Å². The Morgan fingerprint density at radius 2 is 1.57 bits per heavy atom. The van der Waals surface area contributed by atoms with Crippen molar-refractivity contribution in [3.63, 3.8) is 0 Å². The van der Waals surface area contributed by atoms with Gasteiger partial charge in [-0.3, -0.25) is 14.6 Å². The van der Waals surface area contributed by atoms with E-state index in [2.05, 4.69) is 23.2 Å². The summed E-state index contributed by atoms with van der Waals surface area (Å²) in [6, 6.07) is 14.0. The third-order valence-corrected chi connectivity index (χ3v) is 6.28. The van der Waals surface area contributed by atoms with Gasteiger partial charge in [-0.2, -0.15) is 0 Å². The zero-order valence-electron chi connectivity index (χ0n) is 17.1. The van der Waals surface area contributed by atoms with Crippen LogP contribution in [0.25, 0.3) is 11.1 Å². The van der Waals surface area contributed by atoms with Gasteiger partial charge in [-0.05, 0) is 54.7 Å². The van der Waals surface area contributed by atoms with Crippen molar-refractivity contribution < 1.29 is 14.7 Å². The van der Waals surface area contributed by atoms with Crippen molar-refractivity contribution in [2.75, 3.05) is 26.2 Å². The third kappa shape index (κ3) is 3.41. The second kappa shape index (κ2) is 7.06. The highest BCUT2D eigenvalue weighted by molar-refractivity contribution is 5.95. The van der Waals surface area contributed by atoms with E-state index in [0.29, 0.717) is 44.6 Å². The topological polar surface area (TPSA) is 73.2 Å².